The maximum Gasteiger partial charge on any atom is 0.203 e. The zero-order valence-corrected chi connectivity index (χ0v) is 9.71. The minimum atomic E-state index is 0.0677. The molecule has 1 N–H and O–H groups in total. The fraction of sp³-hybridized carbons (Fsp3) is 0.364. The quantitative estimate of drug-likeness (QED) is 0.853. The normalized spacial score (nSPS) is 12.3. The van der Waals surface area contributed by atoms with Gasteiger partial charge in [0, 0.05) is 7.05 Å². The predicted molar refractivity (Wildman–Crippen MR) is 59.7 cm³/mol. The average Bonchev–Trinajstić information content (AvgIpc) is 2.94. The van der Waals surface area contributed by atoms with Crippen LogP contribution in [0.25, 0.3) is 0 Å². The third-order valence-corrected chi connectivity index (χ3v) is 2.49. The molecule has 2 aromatic heterocycles. The molecule has 6 nitrogen and oxygen atoms in total. The van der Waals surface area contributed by atoms with Crippen molar-refractivity contribution in [1.82, 2.24) is 20.1 Å². The molecule has 17 heavy (non-hydrogen) atoms. The summed E-state index contributed by atoms with van der Waals surface area (Å²) in [4.78, 5) is 0. The summed E-state index contributed by atoms with van der Waals surface area (Å²) in [5, 5.41) is 19.7. The van der Waals surface area contributed by atoms with Gasteiger partial charge in [-0.15, -0.1) is 10.2 Å². The van der Waals surface area contributed by atoms with Crippen molar-refractivity contribution in [1.29, 1.82) is 5.26 Å². The van der Waals surface area contributed by atoms with Crippen LogP contribution in [0.1, 0.15) is 30.3 Å². The second kappa shape index (κ2) is 4.80. The van der Waals surface area contributed by atoms with Crippen LogP contribution in [0.4, 0.5) is 0 Å². The average molecular weight is 231 g/mol. The van der Waals surface area contributed by atoms with E-state index in [1.807, 2.05) is 24.6 Å². The van der Waals surface area contributed by atoms with Crippen LogP contribution in [-0.4, -0.2) is 14.8 Å². The number of furan rings is 1. The van der Waals surface area contributed by atoms with E-state index in [4.69, 9.17) is 9.68 Å². The van der Waals surface area contributed by atoms with Crippen LogP contribution < -0.4 is 5.32 Å². The molecule has 1 unspecified atom stereocenters. The van der Waals surface area contributed by atoms with Crippen molar-refractivity contribution in [2.75, 3.05) is 0 Å². The first-order valence-electron chi connectivity index (χ1n) is 5.27. The first-order chi connectivity index (χ1) is 8.20. The lowest BCUT2D eigenvalue weighted by Gasteiger charge is -2.11. The highest BCUT2D eigenvalue weighted by Gasteiger charge is 2.11. The van der Waals surface area contributed by atoms with Crippen molar-refractivity contribution in [3.8, 4) is 6.07 Å². The van der Waals surface area contributed by atoms with Gasteiger partial charge < -0.3 is 14.3 Å². The van der Waals surface area contributed by atoms with Crippen molar-refractivity contribution >= 4 is 0 Å². The molecule has 0 amide bonds. The number of rotatable bonds is 4. The molecule has 0 aliphatic heterocycles. The molecule has 0 aliphatic carbocycles. The molecule has 2 rings (SSSR count). The predicted octanol–water partition coefficient (Wildman–Crippen LogP) is 1.13. The highest BCUT2D eigenvalue weighted by atomic mass is 16.3. The van der Waals surface area contributed by atoms with E-state index in [9.17, 15) is 0 Å². The van der Waals surface area contributed by atoms with Gasteiger partial charge in [0.15, 0.2) is 0 Å². The zero-order valence-electron chi connectivity index (χ0n) is 9.71. The van der Waals surface area contributed by atoms with Crippen LogP contribution in [0.3, 0.4) is 0 Å². The molecular weight excluding hydrogens is 218 g/mol. The van der Waals surface area contributed by atoms with E-state index in [0.717, 1.165) is 11.6 Å². The molecule has 0 bridgehead atoms. The van der Waals surface area contributed by atoms with Crippen LogP contribution >= 0.6 is 0 Å². The molecule has 88 valence electrons. The highest BCUT2D eigenvalue weighted by Crippen LogP contribution is 2.10. The Morgan fingerprint density at radius 1 is 1.59 bits per heavy atom. The van der Waals surface area contributed by atoms with Gasteiger partial charge in [-0.1, -0.05) is 0 Å². The molecule has 0 fully saturated rings. The molecule has 6 heteroatoms. The maximum absolute atomic E-state index is 8.63. The minimum Gasteiger partial charge on any atom is -0.449 e. The number of nitrogens with zero attached hydrogens (tertiary/aromatic N) is 4. The van der Waals surface area contributed by atoms with Gasteiger partial charge in [0.25, 0.3) is 0 Å². The molecule has 0 saturated carbocycles. The lowest BCUT2D eigenvalue weighted by molar-refractivity contribution is 0.443. The summed E-state index contributed by atoms with van der Waals surface area (Å²) < 4.78 is 7.13. The van der Waals surface area contributed by atoms with E-state index >= 15 is 0 Å². The number of nitrogens with one attached hydrogen (secondary N) is 1. The SMILES string of the molecule is CC(NCc1ccc(C#N)o1)c1nncn1C. The van der Waals surface area contributed by atoms with Gasteiger partial charge >= 0.3 is 0 Å². The van der Waals surface area contributed by atoms with Crippen molar-refractivity contribution < 1.29 is 4.42 Å². The number of aromatic nitrogens is 3. The van der Waals surface area contributed by atoms with Crippen molar-refractivity contribution in [3.05, 3.63) is 35.8 Å². The van der Waals surface area contributed by atoms with Crippen LogP contribution in [0.2, 0.25) is 0 Å². The lowest BCUT2D eigenvalue weighted by atomic mass is 10.3. The third kappa shape index (κ3) is 2.52. The zero-order chi connectivity index (χ0) is 12.3. The second-order valence-electron chi connectivity index (χ2n) is 3.78. The van der Waals surface area contributed by atoms with Gasteiger partial charge in [-0.05, 0) is 19.1 Å². The van der Waals surface area contributed by atoms with E-state index in [-0.39, 0.29) is 6.04 Å². The van der Waals surface area contributed by atoms with Crippen LogP contribution in [0.15, 0.2) is 22.9 Å². The molecule has 0 spiro atoms. The number of aryl methyl sites for hydroxylation is 1. The molecule has 1 atom stereocenters. The molecule has 2 heterocycles. The van der Waals surface area contributed by atoms with Crippen LogP contribution in [0, 0.1) is 11.3 Å². The number of hydrogen-bond donors (Lipinski definition) is 1. The van der Waals surface area contributed by atoms with E-state index < -0.39 is 0 Å². The van der Waals surface area contributed by atoms with Crippen LogP contribution in [-0.2, 0) is 13.6 Å². The molecule has 0 aliphatic rings. The summed E-state index contributed by atoms with van der Waals surface area (Å²) >= 11 is 0. The van der Waals surface area contributed by atoms with Crippen molar-refractivity contribution in [3.63, 3.8) is 0 Å². The Kier molecular flexibility index (Phi) is 3.21. The number of nitriles is 1. The Morgan fingerprint density at radius 2 is 2.41 bits per heavy atom. The topological polar surface area (TPSA) is 79.7 Å². The van der Waals surface area contributed by atoms with Gasteiger partial charge in [-0.25, -0.2) is 0 Å². The Morgan fingerprint density at radius 3 is 3.00 bits per heavy atom. The summed E-state index contributed by atoms with van der Waals surface area (Å²) in [7, 11) is 1.90. The van der Waals surface area contributed by atoms with Crippen LogP contribution in [0.5, 0.6) is 0 Å². The van der Waals surface area contributed by atoms with Gasteiger partial charge in [-0.2, -0.15) is 5.26 Å². The summed E-state index contributed by atoms with van der Waals surface area (Å²) in [6.45, 7) is 2.55. The summed E-state index contributed by atoms with van der Waals surface area (Å²) in [6.07, 6.45) is 1.66. The molecule has 2 aromatic rings. The summed E-state index contributed by atoms with van der Waals surface area (Å²) in [5.41, 5.74) is 0. The first-order valence-corrected chi connectivity index (χ1v) is 5.27. The smallest absolute Gasteiger partial charge is 0.203 e. The van der Waals surface area contributed by atoms with Gasteiger partial charge in [0.05, 0.1) is 12.6 Å². The third-order valence-electron chi connectivity index (χ3n) is 2.49. The Labute approximate surface area is 98.9 Å². The fourth-order valence-electron chi connectivity index (χ4n) is 1.56. The fourth-order valence-corrected chi connectivity index (χ4v) is 1.56. The Hall–Kier alpha value is -2.13. The monoisotopic (exact) mass is 231 g/mol. The molecule has 0 aromatic carbocycles. The standard InChI is InChI=1S/C11H13N5O/c1-8(11-15-14-7-16(11)2)13-6-10-4-3-9(5-12)17-10/h3-4,7-8,13H,6H2,1-2H3. The van der Waals surface area contributed by atoms with Crippen molar-refractivity contribution in [2.45, 2.75) is 19.5 Å². The Bertz CT molecular complexity index is 536. The largest absolute Gasteiger partial charge is 0.449 e. The molecule has 0 radical (unpaired) electrons. The highest BCUT2D eigenvalue weighted by molar-refractivity contribution is 5.19. The van der Waals surface area contributed by atoms with E-state index in [1.54, 1.807) is 18.5 Å². The molecule has 0 saturated heterocycles. The Balaban J connectivity index is 1.95. The number of hydrogen-bond acceptors (Lipinski definition) is 5. The van der Waals surface area contributed by atoms with Gasteiger partial charge in [0.1, 0.15) is 24.0 Å². The molecular formula is C11H13N5O. The van der Waals surface area contributed by atoms with Gasteiger partial charge in [0.2, 0.25) is 5.76 Å². The van der Waals surface area contributed by atoms with E-state index in [2.05, 4.69) is 15.5 Å². The maximum atomic E-state index is 8.63. The summed E-state index contributed by atoms with van der Waals surface area (Å²) in [5.74, 6) is 1.92. The minimum absolute atomic E-state index is 0.0677. The van der Waals surface area contributed by atoms with E-state index in [1.165, 1.54) is 0 Å². The van der Waals surface area contributed by atoms with Crippen molar-refractivity contribution in [2.24, 2.45) is 7.05 Å². The summed E-state index contributed by atoms with van der Waals surface area (Å²) in [6, 6.07) is 5.46. The second-order valence-corrected chi connectivity index (χ2v) is 3.78. The first kappa shape index (κ1) is 11.4. The van der Waals surface area contributed by atoms with E-state index in [0.29, 0.717) is 12.3 Å². The van der Waals surface area contributed by atoms with Gasteiger partial charge in [-0.3, -0.25) is 0 Å². The lowest BCUT2D eigenvalue weighted by Crippen LogP contribution is -2.20.